The fourth-order valence-electron chi connectivity index (χ4n) is 3.95. The highest BCUT2D eigenvalue weighted by Gasteiger charge is 2.29. The van der Waals surface area contributed by atoms with Crippen LogP contribution in [0.5, 0.6) is 0 Å². The van der Waals surface area contributed by atoms with Gasteiger partial charge in [0.2, 0.25) is 0 Å². The Morgan fingerprint density at radius 2 is 1.62 bits per heavy atom. The van der Waals surface area contributed by atoms with Crippen LogP contribution in [0.1, 0.15) is 22.2 Å². The molecule has 1 fully saturated rings. The monoisotopic (exact) mass is 489 g/mol. The van der Waals surface area contributed by atoms with Crippen molar-refractivity contribution in [3.05, 3.63) is 105 Å². The summed E-state index contributed by atoms with van der Waals surface area (Å²) in [6.45, 7) is 1.32. The number of halogens is 1. The number of carbonyl (C=O) groups excluding carboxylic acids is 1. The van der Waals surface area contributed by atoms with E-state index < -0.39 is 0 Å². The van der Waals surface area contributed by atoms with Gasteiger partial charge in [0.25, 0.3) is 11.5 Å². The third-order valence-corrected chi connectivity index (χ3v) is 6.13. The van der Waals surface area contributed by atoms with E-state index in [1.807, 2.05) is 48.5 Å². The van der Waals surface area contributed by atoms with Gasteiger partial charge in [0.1, 0.15) is 6.10 Å². The average Bonchev–Trinajstić information content (AvgIpc) is 2.85. The van der Waals surface area contributed by atoms with Crippen molar-refractivity contribution >= 4 is 32.6 Å². The van der Waals surface area contributed by atoms with Crippen molar-refractivity contribution in [2.24, 2.45) is 0 Å². The first-order valence-corrected chi connectivity index (χ1v) is 11.1. The molecule has 1 aromatic heterocycles. The molecule has 0 spiro atoms. The normalized spacial score (nSPS) is 16.3. The van der Waals surface area contributed by atoms with Gasteiger partial charge < -0.3 is 9.64 Å². The van der Waals surface area contributed by atoms with Gasteiger partial charge in [0, 0.05) is 16.4 Å². The highest BCUT2D eigenvalue weighted by molar-refractivity contribution is 9.10. The molecule has 32 heavy (non-hydrogen) atoms. The summed E-state index contributed by atoms with van der Waals surface area (Å²) in [7, 11) is 0. The topological polar surface area (TPSA) is 64.4 Å². The molecule has 0 saturated carbocycles. The Bertz CT molecular complexity index is 1340. The van der Waals surface area contributed by atoms with Gasteiger partial charge in [-0.25, -0.2) is 0 Å². The molecule has 1 aliphatic rings. The van der Waals surface area contributed by atoms with Gasteiger partial charge in [0.15, 0.2) is 5.69 Å². The van der Waals surface area contributed by atoms with Crippen LogP contribution in [-0.2, 0) is 4.74 Å². The molecule has 3 aromatic carbocycles. The van der Waals surface area contributed by atoms with E-state index in [1.54, 1.807) is 35.2 Å². The summed E-state index contributed by atoms with van der Waals surface area (Å²) in [5.74, 6) is -0.212. The van der Waals surface area contributed by atoms with E-state index >= 15 is 0 Å². The van der Waals surface area contributed by atoms with Crippen molar-refractivity contribution in [1.29, 1.82) is 0 Å². The second-order valence-corrected chi connectivity index (χ2v) is 8.52. The first-order valence-electron chi connectivity index (χ1n) is 10.4. The molecule has 5 rings (SSSR count). The zero-order valence-corrected chi connectivity index (χ0v) is 18.7. The molecule has 1 saturated heterocycles. The van der Waals surface area contributed by atoms with E-state index in [-0.39, 0.29) is 23.3 Å². The molecular weight excluding hydrogens is 470 g/mol. The molecule has 2 heterocycles. The fraction of sp³-hybridized carbons (Fsp3) is 0.160. The minimum absolute atomic E-state index is 0.212. The molecular formula is C25H20BrN3O3. The molecule has 160 valence electrons. The number of amides is 1. The summed E-state index contributed by atoms with van der Waals surface area (Å²) in [5, 5.41) is 5.54. The molecule has 0 radical (unpaired) electrons. The Balaban J connectivity index is 1.55. The number of ether oxygens (including phenoxy) is 1. The van der Waals surface area contributed by atoms with Crippen molar-refractivity contribution in [1.82, 2.24) is 14.7 Å². The van der Waals surface area contributed by atoms with Gasteiger partial charge in [0.05, 0.1) is 24.2 Å². The van der Waals surface area contributed by atoms with Crippen molar-refractivity contribution < 1.29 is 9.53 Å². The summed E-state index contributed by atoms with van der Waals surface area (Å²) >= 11 is 3.45. The number of rotatable bonds is 3. The van der Waals surface area contributed by atoms with E-state index in [2.05, 4.69) is 21.0 Å². The lowest BCUT2D eigenvalue weighted by molar-refractivity contribution is -0.0230. The van der Waals surface area contributed by atoms with E-state index in [9.17, 15) is 9.59 Å². The van der Waals surface area contributed by atoms with Gasteiger partial charge in [-0.1, -0.05) is 64.5 Å². The van der Waals surface area contributed by atoms with Crippen molar-refractivity contribution in [3.8, 4) is 5.69 Å². The molecule has 0 N–H and O–H groups in total. The van der Waals surface area contributed by atoms with Crippen LogP contribution in [0.4, 0.5) is 0 Å². The number of carbonyl (C=O) groups is 1. The number of fused-ring (bicyclic) bond motifs is 1. The largest absolute Gasteiger partial charge is 0.370 e. The Hall–Kier alpha value is -3.29. The Labute approximate surface area is 193 Å². The SMILES string of the molecule is O=C(c1nn(-c2ccccc2)c(=O)c2ccccc12)N1CCOC(c2ccc(Br)cc2)C1. The Kier molecular flexibility index (Phi) is 5.59. The number of benzene rings is 3. The molecule has 0 bridgehead atoms. The standard InChI is InChI=1S/C25H20BrN3O3/c26-18-12-10-17(11-13-18)22-16-28(14-15-32-22)25(31)23-20-8-4-5-9-21(20)24(30)29(27-23)19-6-2-1-3-7-19/h1-13,22H,14-16H2. The fourth-order valence-corrected chi connectivity index (χ4v) is 4.22. The lowest BCUT2D eigenvalue weighted by Crippen LogP contribution is -2.43. The minimum Gasteiger partial charge on any atom is -0.370 e. The summed E-state index contributed by atoms with van der Waals surface area (Å²) in [6.07, 6.45) is -0.216. The van der Waals surface area contributed by atoms with Crippen LogP contribution < -0.4 is 5.56 Å². The zero-order chi connectivity index (χ0) is 22.1. The second kappa shape index (κ2) is 8.68. The number of nitrogens with zero attached hydrogens (tertiary/aromatic N) is 3. The van der Waals surface area contributed by atoms with Crippen LogP contribution in [0.25, 0.3) is 16.5 Å². The summed E-state index contributed by atoms with van der Waals surface area (Å²) in [5.41, 5.74) is 1.64. The molecule has 1 aliphatic heterocycles. The van der Waals surface area contributed by atoms with Gasteiger partial charge in [-0.05, 0) is 35.9 Å². The number of hydrogen-bond acceptors (Lipinski definition) is 4. The lowest BCUT2D eigenvalue weighted by Gasteiger charge is -2.33. The van der Waals surface area contributed by atoms with Crippen molar-refractivity contribution in [3.63, 3.8) is 0 Å². The predicted octanol–water partition coefficient (Wildman–Crippen LogP) is 4.36. The number of para-hydroxylation sites is 1. The van der Waals surface area contributed by atoms with Crippen LogP contribution in [0.3, 0.4) is 0 Å². The maximum Gasteiger partial charge on any atom is 0.279 e. The molecule has 1 atom stereocenters. The van der Waals surface area contributed by atoms with Gasteiger partial charge in [-0.3, -0.25) is 9.59 Å². The van der Waals surface area contributed by atoms with Crippen LogP contribution in [0.15, 0.2) is 88.1 Å². The quantitative estimate of drug-likeness (QED) is 0.428. The molecule has 1 unspecified atom stereocenters. The number of aromatic nitrogens is 2. The number of morpholine rings is 1. The highest BCUT2D eigenvalue weighted by Crippen LogP contribution is 2.25. The molecule has 7 heteroatoms. The molecule has 0 aliphatic carbocycles. The molecule has 1 amide bonds. The Morgan fingerprint density at radius 1 is 0.938 bits per heavy atom. The van der Waals surface area contributed by atoms with Gasteiger partial charge in [-0.15, -0.1) is 0 Å². The lowest BCUT2D eigenvalue weighted by atomic mass is 10.1. The summed E-state index contributed by atoms with van der Waals surface area (Å²) in [6, 6.07) is 24.2. The predicted molar refractivity (Wildman–Crippen MR) is 126 cm³/mol. The average molecular weight is 490 g/mol. The third-order valence-electron chi connectivity index (χ3n) is 5.60. The third kappa shape index (κ3) is 3.85. The first kappa shape index (κ1) is 20.6. The number of hydrogen-bond donors (Lipinski definition) is 0. The van der Waals surface area contributed by atoms with Gasteiger partial charge in [-0.2, -0.15) is 9.78 Å². The molecule has 4 aromatic rings. The second-order valence-electron chi connectivity index (χ2n) is 7.61. The zero-order valence-electron chi connectivity index (χ0n) is 17.1. The first-order chi connectivity index (χ1) is 15.6. The van der Waals surface area contributed by atoms with Crippen LogP contribution >= 0.6 is 15.9 Å². The van der Waals surface area contributed by atoms with E-state index in [4.69, 9.17) is 4.74 Å². The van der Waals surface area contributed by atoms with Crippen molar-refractivity contribution in [2.75, 3.05) is 19.7 Å². The highest BCUT2D eigenvalue weighted by atomic mass is 79.9. The smallest absolute Gasteiger partial charge is 0.279 e. The summed E-state index contributed by atoms with van der Waals surface area (Å²) in [4.78, 5) is 28.5. The Morgan fingerprint density at radius 3 is 2.38 bits per heavy atom. The minimum atomic E-state index is -0.252. The van der Waals surface area contributed by atoms with E-state index in [0.717, 1.165) is 10.0 Å². The van der Waals surface area contributed by atoms with Crippen LogP contribution in [-0.4, -0.2) is 40.3 Å². The summed E-state index contributed by atoms with van der Waals surface area (Å²) < 4.78 is 8.23. The maximum atomic E-state index is 13.6. The van der Waals surface area contributed by atoms with Crippen LogP contribution in [0.2, 0.25) is 0 Å². The van der Waals surface area contributed by atoms with Gasteiger partial charge >= 0.3 is 0 Å². The van der Waals surface area contributed by atoms with Crippen LogP contribution in [0, 0.1) is 0 Å². The maximum absolute atomic E-state index is 13.6. The van der Waals surface area contributed by atoms with E-state index in [1.165, 1.54) is 4.68 Å². The molecule has 6 nitrogen and oxygen atoms in total. The van der Waals surface area contributed by atoms with E-state index in [0.29, 0.717) is 36.2 Å². The van der Waals surface area contributed by atoms with Crippen molar-refractivity contribution in [2.45, 2.75) is 6.10 Å².